The number of hydrogen-bond acceptors (Lipinski definition) is 4. The van der Waals surface area contributed by atoms with Crippen molar-refractivity contribution in [2.45, 2.75) is 37.0 Å². The lowest BCUT2D eigenvalue weighted by atomic mass is 9.93. The molecule has 2 aliphatic rings. The van der Waals surface area contributed by atoms with Gasteiger partial charge in [0.15, 0.2) is 4.87 Å². The minimum absolute atomic E-state index is 0.159. The summed E-state index contributed by atoms with van der Waals surface area (Å²) in [7, 11) is -3.44. The predicted molar refractivity (Wildman–Crippen MR) is 74.4 cm³/mol. The molecule has 3 rings (SSSR count). The van der Waals surface area contributed by atoms with Gasteiger partial charge >= 0.3 is 0 Å². The Labute approximate surface area is 113 Å². The fourth-order valence-corrected chi connectivity index (χ4v) is 5.11. The van der Waals surface area contributed by atoms with Crippen LogP contribution in [-0.2, 0) is 9.84 Å². The lowest BCUT2D eigenvalue weighted by molar-refractivity contribution is 0.323. The lowest BCUT2D eigenvalue weighted by Gasteiger charge is -2.41. The molecule has 0 radical (unpaired) electrons. The van der Waals surface area contributed by atoms with Gasteiger partial charge in [-0.3, -0.25) is 4.90 Å². The van der Waals surface area contributed by atoms with Gasteiger partial charge in [0.05, 0.1) is 5.41 Å². The zero-order chi connectivity index (χ0) is 13.5. The molecule has 1 heterocycles. The highest BCUT2D eigenvalue weighted by Crippen LogP contribution is 2.47. The van der Waals surface area contributed by atoms with E-state index >= 15 is 0 Å². The second-order valence-corrected chi connectivity index (χ2v) is 7.28. The van der Waals surface area contributed by atoms with E-state index < -0.39 is 14.7 Å². The molecule has 1 aliphatic carbocycles. The quantitative estimate of drug-likeness (QED) is 0.858. The number of benzene rings is 1. The Hall–Kier alpha value is -1.49. The average molecular weight is 279 g/mol. The van der Waals surface area contributed by atoms with E-state index in [9.17, 15) is 13.5 Å². The van der Waals surface area contributed by atoms with Crippen LogP contribution in [0.3, 0.4) is 0 Å². The van der Waals surface area contributed by atoms with Crippen molar-refractivity contribution in [3.05, 3.63) is 41.6 Å². The SMILES string of the molecule is O=S1(=O)C=C(O)N(c2ccccc2)C12CCCCC2. The van der Waals surface area contributed by atoms with Gasteiger partial charge in [0, 0.05) is 5.69 Å². The fourth-order valence-electron chi connectivity index (χ4n) is 3.19. The van der Waals surface area contributed by atoms with E-state index in [2.05, 4.69) is 0 Å². The topological polar surface area (TPSA) is 57.6 Å². The van der Waals surface area contributed by atoms with E-state index in [0.29, 0.717) is 12.8 Å². The van der Waals surface area contributed by atoms with E-state index in [1.165, 1.54) is 0 Å². The van der Waals surface area contributed by atoms with Crippen molar-refractivity contribution in [1.82, 2.24) is 0 Å². The fraction of sp³-hybridized carbons (Fsp3) is 0.429. The van der Waals surface area contributed by atoms with Crippen molar-refractivity contribution < 1.29 is 13.5 Å². The van der Waals surface area contributed by atoms with Gasteiger partial charge in [-0.05, 0) is 25.0 Å². The van der Waals surface area contributed by atoms with E-state index in [1.807, 2.05) is 30.3 Å². The number of rotatable bonds is 1. The zero-order valence-electron chi connectivity index (χ0n) is 10.6. The molecule has 0 aromatic heterocycles. The van der Waals surface area contributed by atoms with E-state index in [4.69, 9.17) is 0 Å². The van der Waals surface area contributed by atoms with E-state index in [0.717, 1.165) is 30.4 Å². The summed E-state index contributed by atoms with van der Waals surface area (Å²) in [5, 5.41) is 11.1. The Kier molecular flexibility index (Phi) is 2.82. The maximum absolute atomic E-state index is 12.5. The third-order valence-electron chi connectivity index (χ3n) is 4.08. The molecular weight excluding hydrogens is 262 g/mol. The molecule has 19 heavy (non-hydrogen) atoms. The largest absolute Gasteiger partial charge is 0.494 e. The predicted octanol–water partition coefficient (Wildman–Crippen LogP) is 2.94. The third kappa shape index (κ3) is 1.75. The molecule has 0 unspecified atom stereocenters. The van der Waals surface area contributed by atoms with Crippen LogP contribution in [0.15, 0.2) is 41.6 Å². The second kappa shape index (κ2) is 4.27. The van der Waals surface area contributed by atoms with Gasteiger partial charge in [-0.15, -0.1) is 0 Å². The van der Waals surface area contributed by atoms with Crippen LogP contribution in [0.25, 0.3) is 0 Å². The molecule has 0 bridgehead atoms. The first-order valence-electron chi connectivity index (χ1n) is 6.57. The lowest BCUT2D eigenvalue weighted by Crippen LogP contribution is -2.50. The number of anilines is 1. The molecule has 1 aromatic rings. The van der Waals surface area contributed by atoms with Gasteiger partial charge in [0.25, 0.3) is 0 Å². The summed E-state index contributed by atoms with van der Waals surface area (Å²) < 4.78 is 24.9. The Bertz CT molecular complexity index is 601. The standard InChI is InChI=1S/C14H17NO3S/c16-13-11-19(17,18)14(9-5-2-6-10-14)15(13)12-7-3-1-4-8-12/h1,3-4,7-8,11,16H,2,5-6,9-10H2. The molecule has 1 spiro atoms. The van der Waals surface area contributed by atoms with Crippen LogP contribution in [0.4, 0.5) is 5.69 Å². The Morgan fingerprint density at radius 2 is 1.68 bits per heavy atom. The Morgan fingerprint density at radius 1 is 1.05 bits per heavy atom. The minimum Gasteiger partial charge on any atom is -0.494 e. The number of nitrogens with zero attached hydrogens (tertiary/aromatic N) is 1. The highest BCUT2D eigenvalue weighted by atomic mass is 32.2. The molecule has 1 fully saturated rings. The van der Waals surface area contributed by atoms with Crippen LogP contribution in [-0.4, -0.2) is 18.4 Å². The molecule has 1 aromatic carbocycles. The molecule has 102 valence electrons. The first-order valence-corrected chi connectivity index (χ1v) is 8.12. The molecule has 0 amide bonds. The molecule has 4 nitrogen and oxygen atoms in total. The highest BCUT2D eigenvalue weighted by Gasteiger charge is 2.54. The van der Waals surface area contributed by atoms with Crippen molar-refractivity contribution in [1.29, 1.82) is 0 Å². The van der Waals surface area contributed by atoms with Crippen LogP contribution in [0.1, 0.15) is 32.1 Å². The summed E-state index contributed by atoms with van der Waals surface area (Å²) in [5.74, 6) is -0.159. The summed E-state index contributed by atoms with van der Waals surface area (Å²) in [4.78, 5) is 0.623. The van der Waals surface area contributed by atoms with Crippen molar-refractivity contribution >= 4 is 15.5 Å². The molecular formula is C14H17NO3S. The van der Waals surface area contributed by atoms with Crippen molar-refractivity contribution in [2.75, 3.05) is 4.90 Å². The van der Waals surface area contributed by atoms with Crippen molar-refractivity contribution in [3.8, 4) is 0 Å². The van der Waals surface area contributed by atoms with E-state index in [1.54, 1.807) is 4.90 Å². The zero-order valence-corrected chi connectivity index (χ0v) is 11.4. The summed E-state index contributed by atoms with van der Waals surface area (Å²) >= 11 is 0. The summed E-state index contributed by atoms with van der Waals surface area (Å²) in [6.07, 6.45) is 3.96. The molecule has 1 aliphatic heterocycles. The first kappa shape index (κ1) is 12.5. The molecule has 1 saturated carbocycles. The maximum Gasteiger partial charge on any atom is 0.204 e. The van der Waals surface area contributed by atoms with Crippen LogP contribution >= 0.6 is 0 Å². The number of hydrogen-bond donors (Lipinski definition) is 1. The van der Waals surface area contributed by atoms with Crippen molar-refractivity contribution in [2.24, 2.45) is 0 Å². The number of aliphatic hydroxyl groups is 1. The van der Waals surface area contributed by atoms with Crippen molar-refractivity contribution in [3.63, 3.8) is 0 Å². The van der Waals surface area contributed by atoms with Gasteiger partial charge in [0.1, 0.15) is 0 Å². The second-order valence-electron chi connectivity index (χ2n) is 5.20. The molecule has 1 N–H and O–H groups in total. The number of aliphatic hydroxyl groups excluding tert-OH is 1. The molecule has 0 atom stereocenters. The molecule has 5 heteroatoms. The molecule has 0 saturated heterocycles. The maximum atomic E-state index is 12.5. The Balaban J connectivity index is 2.14. The smallest absolute Gasteiger partial charge is 0.204 e. The monoisotopic (exact) mass is 279 g/mol. The summed E-state index contributed by atoms with van der Waals surface area (Å²) in [6.45, 7) is 0. The summed E-state index contributed by atoms with van der Waals surface area (Å²) in [6, 6.07) is 9.25. The van der Waals surface area contributed by atoms with E-state index in [-0.39, 0.29) is 5.88 Å². The van der Waals surface area contributed by atoms with Gasteiger partial charge < -0.3 is 5.11 Å². The minimum atomic E-state index is -3.44. The highest BCUT2D eigenvalue weighted by molar-refractivity contribution is 7.96. The van der Waals surface area contributed by atoms with Gasteiger partial charge in [-0.1, -0.05) is 37.5 Å². The first-order chi connectivity index (χ1) is 9.07. The van der Waals surface area contributed by atoms with Gasteiger partial charge in [-0.2, -0.15) is 0 Å². The average Bonchev–Trinajstić information content (AvgIpc) is 2.58. The summed E-state index contributed by atoms with van der Waals surface area (Å²) in [5.41, 5.74) is 0.735. The third-order valence-corrected chi connectivity index (χ3v) is 6.25. The Morgan fingerprint density at radius 3 is 2.32 bits per heavy atom. The number of para-hydroxylation sites is 1. The van der Waals surface area contributed by atoms with Gasteiger partial charge in [0.2, 0.25) is 15.7 Å². The van der Waals surface area contributed by atoms with Crippen LogP contribution in [0.2, 0.25) is 0 Å². The van der Waals surface area contributed by atoms with Gasteiger partial charge in [-0.25, -0.2) is 8.42 Å². The van der Waals surface area contributed by atoms with Crippen LogP contribution in [0, 0.1) is 0 Å². The van der Waals surface area contributed by atoms with Crippen LogP contribution in [0.5, 0.6) is 0 Å². The van der Waals surface area contributed by atoms with Crippen LogP contribution < -0.4 is 4.90 Å². The number of sulfone groups is 1. The normalized spacial score (nSPS) is 24.4.